The minimum absolute atomic E-state index is 0.0111. The van der Waals surface area contributed by atoms with E-state index in [1.807, 2.05) is 6.07 Å². The number of ether oxygens (including phenoxy) is 1. The van der Waals surface area contributed by atoms with E-state index in [1.165, 1.54) is 11.1 Å². The average Bonchev–Trinajstić information content (AvgIpc) is 3.12. The number of rotatable bonds is 3. The van der Waals surface area contributed by atoms with Gasteiger partial charge < -0.3 is 9.15 Å². The molecule has 2 bridgehead atoms. The molecule has 0 spiro atoms. The van der Waals surface area contributed by atoms with Crippen molar-refractivity contribution < 1.29 is 13.9 Å². The smallest absolute Gasteiger partial charge is 0.316 e. The molecule has 24 heavy (non-hydrogen) atoms. The molecule has 1 aromatic heterocycles. The lowest BCUT2D eigenvalue weighted by Gasteiger charge is -2.48. The third-order valence-electron chi connectivity index (χ3n) is 6.94. The summed E-state index contributed by atoms with van der Waals surface area (Å²) in [6, 6.07) is 1.98. The second-order valence-electron chi connectivity index (χ2n) is 8.37. The Balaban J connectivity index is 1.75. The van der Waals surface area contributed by atoms with Crippen LogP contribution < -0.4 is 0 Å². The summed E-state index contributed by atoms with van der Waals surface area (Å²) < 4.78 is 10.9. The van der Waals surface area contributed by atoms with Crippen molar-refractivity contribution in [2.45, 2.75) is 59.0 Å². The van der Waals surface area contributed by atoms with Crippen molar-refractivity contribution in [3.05, 3.63) is 41.9 Å². The first-order chi connectivity index (χ1) is 11.3. The van der Waals surface area contributed by atoms with Gasteiger partial charge in [-0.15, -0.1) is 0 Å². The molecule has 3 aliphatic rings. The van der Waals surface area contributed by atoms with Crippen LogP contribution in [0.3, 0.4) is 0 Å². The molecule has 1 saturated heterocycles. The molecule has 0 N–H and O–H groups in total. The first kappa shape index (κ1) is 15.7. The van der Waals surface area contributed by atoms with Crippen molar-refractivity contribution in [2.75, 3.05) is 0 Å². The maximum atomic E-state index is 12.4. The largest absolute Gasteiger partial charge is 0.472 e. The fourth-order valence-electron chi connectivity index (χ4n) is 5.18. The van der Waals surface area contributed by atoms with Gasteiger partial charge in [0.05, 0.1) is 17.9 Å². The second-order valence-corrected chi connectivity index (χ2v) is 8.37. The van der Waals surface area contributed by atoms with Crippen molar-refractivity contribution in [1.82, 2.24) is 0 Å². The first-order valence-corrected chi connectivity index (χ1v) is 8.99. The lowest BCUT2D eigenvalue weighted by atomic mass is 9.55. The fourth-order valence-corrected chi connectivity index (χ4v) is 5.18. The lowest BCUT2D eigenvalue weighted by molar-refractivity contribution is -0.146. The normalized spacial score (nSPS) is 38.0. The Labute approximate surface area is 143 Å². The van der Waals surface area contributed by atoms with E-state index in [4.69, 9.17) is 9.15 Å². The van der Waals surface area contributed by atoms with Gasteiger partial charge in [0, 0.05) is 18.4 Å². The Morgan fingerprint density at radius 2 is 2.17 bits per heavy atom. The maximum absolute atomic E-state index is 12.4. The highest BCUT2D eigenvalue weighted by Gasteiger charge is 2.56. The Hall–Kier alpha value is -1.77. The predicted octanol–water partition coefficient (Wildman–Crippen LogP) is 5.14. The SMILES string of the molecule is C=C(C[C@]1(C)C2=C(CC[C@H]1C)[C@]1(C)C[C@H](C2)OC1=O)c1ccoc1. The summed E-state index contributed by atoms with van der Waals surface area (Å²) in [5.74, 6) is 0.555. The van der Waals surface area contributed by atoms with Crippen LogP contribution in [0.2, 0.25) is 0 Å². The summed E-state index contributed by atoms with van der Waals surface area (Å²) in [5.41, 5.74) is 4.67. The predicted molar refractivity (Wildman–Crippen MR) is 93.1 cm³/mol. The van der Waals surface area contributed by atoms with Crippen molar-refractivity contribution in [2.24, 2.45) is 16.7 Å². The zero-order valence-electron chi connectivity index (χ0n) is 14.9. The average molecular weight is 326 g/mol. The molecule has 2 heterocycles. The monoisotopic (exact) mass is 326 g/mol. The van der Waals surface area contributed by atoms with Gasteiger partial charge in [-0.1, -0.05) is 31.6 Å². The van der Waals surface area contributed by atoms with Crippen molar-refractivity contribution in [1.29, 1.82) is 0 Å². The van der Waals surface area contributed by atoms with Crippen LogP contribution in [0.25, 0.3) is 5.57 Å². The van der Waals surface area contributed by atoms with E-state index < -0.39 is 5.41 Å². The lowest BCUT2D eigenvalue weighted by Crippen LogP contribution is -2.40. The van der Waals surface area contributed by atoms with E-state index in [1.54, 1.807) is 12.5 Å². The van der Waals surface area contributed by atoms with Gasteiger partial charge in [0.25, 0.3) is 0 Å². The Bertz CT molecular complexity index is 726. The van der Waals surface area contributed by atoms with Gasteiger partial charge in [0.15, 0.2) is 0 Å². The summed E-state index contributed by atoms with van der Waals surface area (Å²) in [5, 5.41) is 0. The molecule has 1 aliphatic heterocycles. The van der Waals surface area contributed by atoms with Crippen LogP contribution in [-0.2, 0) is 9.53 Å². The van der Waals surface area contributed by atoms with E-state index in [9.17, 15) is 4.79 Å². The van der Waals surface area contributed by atoms with E-state index in [-0.39, 0.29) is 17.5 Å². The number of furan rings is 1. The highest BCUT2D eigenvalue weighted by atomic mass is 16.6. The quantitative estimate of drug-likeness (QED) is 0.570. The molecule has 3 nitrogen and oxygen atoms in total. The molecule has 1 aromatic rings. The third-order valence-corrected chi connectivity index (χ3v) is 6.94. The van der Waals surface area contributed by atoms with Crippen LogP contribution in [0.15, 0.2) is 40.7 Å². The zero-order chi connectivity index (χ0) is 17.1. The minimum Gasteiger partial charge on any atom is -0.472 e. The maximum Gasteiger partial charge on any atom is 0.316 e. The summed E-state index contributed by atoms with van der Waals surface area (Å²) in [6.45, 7) is 11.1. The van der Waals surface area contributed by atoms with Gasteiger partial charge in [-0.3, -0.25) is 4.79 Å². The number of allylic oxidation sites excluding steroid dienone is 1. The Morgan fingerprint density at radius 3 is 2.88 bits per heavy atom. The molecule has 128 valence electrons. The van der Waals surface area contributed by atoms with Gasteiger partial charge in [-0.2, -0.15) is 0 Å². The van der Waals surface area contributed by atoms with Crippen LogP contribution in [0, 0.1) is 16.7 Å². The van der Waals surface area contributed by atoms with Gasteiger partial charge in [0.2, 0.25) is 0 Å². The minimum atomic E-state index is -0.392. The van der Waals surface area contributed by atoms with Gasteiger partial charge in [0.1, 0.15) is 6.10 Å². The molecule has 0 unspecified atom stereocenters. The number of carbonyl (C=O) groups excluding carboxylic acids is 1. The summed E-state index contributed by atoms with van der Waals surface area (Å²) in [6.07, 6.45) is 8.36. The van der Waals surface area contributed by atoms with Gasteiger partial charge >= 0.3 is 5.97 Å². The number of hydrogen-bond donors (Lipinski definition) is 0. The number of hydrogen-bond acceptors (Lipinski definition) is 3. The highest BCUT2D eigenvalue weighted by Crippen LogP contribution is 2.60. The number of fused-ring (bicyclic) bond motifs is 3. The fraction of sp³-hybridized carbons (Fsp3) is 0.571. The molecule has 1 fully saturated rings. The van der Waals surface area contributed by atoms with Crippen LogP contribution in [0.5, 0.6) is 0 Å². The molecule has 4 rings (SSSR count). The molecule has 0 amide bonds. The van der Waals surface area contributed by atoms with E-state index in [0.717, 1.165) is 43.2 Å². The molecule has 2 aliphatic carbocycles. The Morgan fingerprint density at radius 1 is 1.38 bits per heavy atom. The molecule has 0 aromatic carbocycles. The molecular formula is C21H26O3. The molecule has 0 saturated carbocycles. The van der Waals surface area contributed by atoms with Crippen molar-refractivity contribution >= 4 is 11.5 Å². The number of esters is 1. The summed E-state index contributed by atoms with van der Waals surface area (Å²) >= 11 is 0. The van der Waals surface area contributed by atoms with E-state index >= 15 is 0 Å². The van der Waals surface area contributed by atoms with E-state index in [2.05, 4.69) is 27.4 Å². The summed E-state index contributed by atoms with van der Waals surface area (Å²) in [4.78, 5) is 12.4. The Kier molecular flexibility index (Phi) is 3.35. The van der Waals surface area contributed by atoms with Gasteiger partial charge in [-0.25, -0.2) is 0 Å². The molecular weight excluding hydrogens is 300 g/mol. The molecule has 4 atom stereocenters. The van der Waals surface area contributed by atoms with Crippen LogP contribution in [-0.4, -0.2) is 12.1 Å². The summed E-state index contributed by atoms with van der Waals surface area (Å²) in [7, 11) is 0. The van der Waals surface area contributed by atoms with Crippen molar-refractivity contribution in [3.8, 4) is 0 Å². The van der Waals surface area contributed by atoms with E-state index in [0.29, 0.717) is 5.92 Å². The van der Waals surface area contributed by atoms with Crippen LogP contribution in [0.4, 0.5) is 0 Å². The zero-order valence-corrected chi connectivity index (χ0v) is 14.9. The van der Waals surface area contributed by atoms with Crippen LogP contribution >= 0.6 is 0 Å². The first-order valence-electron chi connectivity index (χ1n) is 8.99. The van der Waals surface area contributed by atoms with Crippen molar-refractivity contribution in [3.63, 3.8) is 0 Å². The second kappa shape index (κ2) is 5.11. The molecule has 3 heteroatoms. The number of carbonyl (C=O) groups is 1. The van der Waals surface area contributed by atoms with Crippen LogP contribution in [0.1, 0.15) is 58.4 Å². The molecule has 0 radical (unpaired) electrons. The standard InChI is InChI=1S/C21H26O3/c1-13(15-7-8-23-12-15)10-20(3)14(2)5-6-17-18(20)9-16-11-21(17,4)19(22)24-16/h7-8,12,14,16H,1,5-6,9-11H2,2-4H3/t14-,16+,20+,21+/m1/s1. The van der Waals surface area contributed by atoms with Gasteiger partial charge in [-0.05, 0) is 49.2 Å². The topological polar surface area (TPSA) is 39.4 Å². The third kappa shape index (κ3) is 2.06. The highest BCUT2D eigenvalue weighted by molar-refractivity contribution is 5.84.